The van der Waals surface area contributed by atoms with Gasteiger partial charge < -0.3 is 10.1 Å². The number of hydrogen-bond acceptors (Lipinski definition) is 6. The molecule has 0 aromatic carbocycles. The van der Waals surface area contributed by atoms with E-state index in [1.54, 1.807) is 24.1 Å². The fourth-order valence-corrected chi connectivity index (χ4v) is 2.51. The lowest BCUT2D eigenvalue weighted by molar-refractivity contribution is 0.0526. The molecule has 0 bridgehead atoms. The van der Waals surface area contributed by atoms with Gasteiger partial charge in [0.2, 0.25) is 5.01 Å². The quantitative estimate of drug-likeness (QED) is 0.589. The van der Waals surface area contributed by atoms with Crippen molar-refractivity contribution in [2.24, 2.45) is 0 Å². The Morgan fingerprint density at radius 2 is 2.26 bits per heavy atom. The van der Waals surface area contributed by atoms with Crippen LogP contribution in [0.1, 0.15) is 40.1 Å². The van der Waals surface area contributed by atoms with E-state index in [9.17, 15) is 9.59 Å². The first-order valence-electron chi connectivity index (χ1n) is 6.08. The Hall–Kier alpha value is -1.08. The van der Waals surface area contributed by atoms with Crippen LogP contribution in [0.2, 0.25) is 0 Å². The monoisotopic (exact) mass is 302 g/mol. The number of hydrogen-bond donors (Lipinski definition) is 1. The van der Waals surface area contributed by atoms with Crippen LogP contribution in [0.15, 0.2) is 5.38 Å². The normalized spacial score (nSPS) is 10.2. The number of carbonyl (C=O) groups is 2. The third-order valence-corrected chi connectivity index (χ3v) is 3.77. The molecule has 0 saturated heterocycles. The lowest BCUT2D eigenvalue weighted by atomic mass is 10.3. The maximum Gasteiger partial charge on any atom is 0.367 e. The van der Waals surface area contributed by atoms with Crippen LogP contribution in [-0.2, 0) is 4.74 Å². The topological polar surface area (TPSA) is 68.3 Å². The Morgan fingerprint density at radius 3 is 2.95 bits per heavy atom. The van der Waals surface area contributed by atoms with Gasteiger partial charge in [-0.1, -0.05) is 0 Å². The van der Waals surface area contributed by atoms with Crippen LogP contribution in [0.5, 0.6) is 0 Å². The highest BCUT2D eigenvalue weighted by Gasteiger charge is 2.15. The van der Waals surface area contributed by atoms with E-state index >= 15 is 0 Å². The first-order valence-corrected chi connectivity index (χ1v) is 8.36. The maximum absolute atomic E-state index is 11.7. The number of nitrogens with one attached hydrogen (secondary N) is 1. The van der Waals surface area contributed by atoms with Gasteiger partial charge in [0.1, 0.15) is 5.69 Å². The van der Waals surface area contributed by atoms with E-state index in [0.29, 0.717) is 13.2 Å². The average Bonchev–Trinajstić information content (AvgIpc) is 2.88. The molecule has 0 aliphatic heterocycles. The van der Waals surface area contributed by atoms with Gasteiger partial charge in [-0.15, -0.1) is 11.3 Å². The molecule has 0 unspecified atom stereocenters. The molecule has 0 aliphatic rings. The molecule has 0 fully saturated rings. The summed E-state index contributed by atoms with van der Waals surface area (Å²) in [4.78, 5) is 27.1. The maximum atomic E-state index is 11.7. The summed E-state index contributed by atoms with van der Waals surface area (Å²) in [5, 5.41) is 4.58. The van der Waals surface area contributed by atoms with Gasteiger partial charge in [0.15, 0.2) is 0 Å². The molecule has 1 aromatic rings. The molecule has 19 heavy (non-hydrogen) atoms. The second-order valence-electron chi connectivity index (χ2n) is 3.71. The van der Waals surface area contributed by atoms with E-state index in [0.717, 1.165) is 29.9 Å². The molecule has 0 aliphatic carbocycles. The lowest BCUT2D eigenvalue weighted by Gasteiger charge is -2.02. The summed E-state index contributed by atoms with van der Waals surface area (Å²) in [6, 6.07) is 0. The second-order valence-corrected chi connectivity index (χ2v) is 5.56. The number of unbranched alkanes of at least 4 members (excludes halogenated alkanes) is 1. The van der Waals surface area contributed by atoms with E-state index in [4.69, 9.17) is 4.74 Å². The average molecular weight is 302 g/mol. The molecule has 0 radical (unpaired) electrons. The van der Waals surface area contributed by atoms with Crippen LogP contribution in [0.3, 0.4) is 0 Å². The van der Waals surface area contributed by atoms with Gasteiger partial charge in [-0.25, -0.2) is 9.78 Å². The van der Waals surface area contributed by atoms with Gasteiger partial charge in [-0.3, -0.25) is 4.79 Å². The number of ether oxygens (including phenoxy) is 1. The first kappa shape index (κ1) is 16.0. The molecule has 7 heteroatoms. The zero-order chi connectivity index (χ0) is 14.1. The van der Waals surface area contributed by atoms with Crippen LogP contribution in [0, 0.1) is 0 Å². The number of aromatic nitrogens is 1. The number of thioether (sulfide) groups is 1. The van der Waals surface area contributed by atoms with Crippen LogP contribution < -0.4 is 5.32 Å². The van der Waals surface area contributed by atoms with Crippen molar-refractivity contribution in [1.29, 1.82) is 0 Å². The Kier molecular flexibility index (Phi) is 7.50. The predicted molar refractivity (Wildman–Crippen MR) is 78.0 cm³/mol. The molecule has 106 valence electrons. The van der Waals surface area contributed by atoms with Crippen molar-refractivity contribution in [1.82, 2.24) is 10.3 Å². The molecule has 5 nitrogen and oxygen atoms in total. The van der Waals surface area contributed by atoms with Gasteiger partial charge >= 0.3 is 5.97 Å². The summed E-state index contributed by atoms with van der Waals surface area (Å²) in [6.45, 7) is 2.66. The number of carbonyl (C=O) groups excluding carboxylic acids is 2. The van der Waals surface area contributed by atoms with Crippen LogP contribution in [0.25, 0.3) is 0 Å². The highest BCUT2D eigenvalue weighted by atomic mass is 32.2. The summed E-state index contributed by atoms with van der Waals surface area (Å²) in [5.74, 6) is 0.377. The van der Waals surface area contributed by atoms with Crippen LogP contribution in [0.4, 0.5) is 0 Å². The van der Waals surface area contributed by atoms with Crippen molar-refractivity contribution >= 4 is 35.0 Å². The van der Waals surface area contributed by atoms with E-state index in [-0.39, 0.29) is 16.6 Å². The minimum absolute atomic E-state index is 0.217. The number of esters is 1. The van der Waals surface area contributed by atoms with Gasteiger partial charge in [0.25, 0.3) is 5.91 Å². The highest BCUT2D eigenvalue weighted by Crippen LogP contribution is 2.11. The molecule has 0 saturated carbocycles. The zero-order valence-electron chi connectivity index (χ0n) is 11.1. The van der Waals surface area contributed by atoms with Gasteiger partial charge in [0.05, 0.1) is 6.61 Å². The van der Waals surface area contributed by atoms with E-state index in [2.05, 4.69) is 16.6 Å². The molecule has 1 aromatic heterocycles. The standard InChI is InChI=1S/C12H18N2O3S2/c1-3-17-12(16)11-14-9(8-19-11)10(15)13-6-4-5-7-18-2/h8H,3-7H2,1-2H3,(H,13,15). The second kappa shape index (κ2) is 8.92. The fraction of sp³-hybridized carbons (Fsp3) is 0.583. The number of thiazole rings is 1. The summed E-state index contributed by atoms with van der Waals surface area (Å²) in [7, 11) is 0. The van der Waals surface area contributed by atoms with Crippen molar-refractivity contribution in [3.05, 3.63) is 16.1 Å². The van der Waals surface area contributed by atoms with Crippen molar-refractivity contribution in [3.8, 4) is 0 Å². The molecule has 1 heterocycles. The fourth-order valence-electron chi connectivity index (χ4n) is 1.33. The van der Waals surface area contributed by atoms with Gasteiger partial charge in [0, 0.05) is 11.9 Å². The molecule has 0 spiro atoms. The summed E-state index contributed by atoms with van der Waals surface area (Å²) >= 11 is 2.92. The Morgan fingerprint density at radius 1 is 1.47 bits per heavy atom. The van der Waals surface area contributed by atoms with Crippen molar-refractivity contribution < 1.29 is 14.3 Å². The Labute approximate surface area is 121 Å². The first-order chi connectivity index (χ1) is 9.19. The minimum atomic E-state index is -0.480. The number of amides is 1. The number of nitrogens with zero attached hydrogens (tertiary/aromatic N) is 1. The van der Waals surface area contributed by atoms with E-state index in [1.807, 2.05) is 0 Å². The van der Waals surface area contributed by atoms with Crippen molar-refractivity contribution in [2.75, 3.05) is 25.2 Å². The van der Waals surface area contributed by atoms with Crippen LogP contribution >= 0.6 is 23.1 Å². The molecule has 1 amide bonds. The smallest absolute Gasteiger partial charge is 0.367 e. The Balaban J connectivity index is 2.38. The molecular weight excluding hydrogens is 284 g/mol. The van der Waals surface area contributed by atoms with Gasteiger partial charge in [-0.05, 0) is 31.8 Å². The minimum Gasteiger partial charge on any atom is -0.461 e. The predicted octanol–water partition coefficient (Wildman–Crippen LogP) is 2.19. The highest BCUT2D eigenvalue weighted by molar-refractivity contribution is 7.98. The molecular formula is C12H18N2O3S2. The van der Waals surface area contributed by atoms with Crippen LogP contribution in [-0.4, -0.2) is 42.0 Å². The largest absolute Gasteiger partial charge is 0.461 e. The molecule has 1 N–H and O–H groups in total. The SMILES string of the molecule is CCOC(=O)c1nc(C(=O)NCCCCSC)cs1. The van der Waals surface area contributed by atoms with Crippen molar-refractivity contribution in [3.63, 3.8) is 0 Å². The molecule has 1 rings (SSSR count). The zero-order valence-corrected chi connectivity index (χ0v) is 12.7. The summed E-state index contributed by atoms with van der Waals surface area (Å²) in [5.41, 5.74) is 0.276. The Bertz CT molecular complexity index is 421. The summed E-state index contributed by atoms with van der Waals surface area (Å²) < 4.78 is 4.82. The number of rotatable bonds is 8. The van der Waals surface area contributed by atoms with Gasteiger partial charge in [-0.2, -0.15) is 11.8 Å². The lowest BCUT2D eigenvalue weighted by Crippen LogP contribution is -2.25. The summed E-state index contributed by atoms with van der Waals surface area (Å²) in [6.07, 6.45) is 4.08. The third-order valence-electron chi connectivity index (χ3n) is 2.25. The van der Waals surface area contributed by atoms with Crippen molar-refractivity contribution in [2.45, 2.75) is 19.8 Å². The van der Waals surface area contributed by atoms with E-state index < -0.39 is 5.97 Å². The molecule has 0 atom stereocenters. The van der Waals surface area contributed by atoms with E-state index in [1.165, 1.54) is 0 Å². The third kappa shape index (κ3) is 5.61.